The zero-order valence-corrected chi connectivity index (χ0v) is 22.9. The molecule has 2 aromatic rings. The fourth-order valence-electron chi connectivity index (χ4n) is 4.94. The first-order chi connectivity index (χ1) is 18.2. The van der Waals surface area contributed by atoms with Crippen LogP contribution in [0.25, 0.3) is 11.3 Å². The lowest BCUT2D eigenvalue weighted by atomic mass is 9.82. The summed E-state index contributed by atoms with van der Waals surface area (Å²) in [6.07, 6.45) is 7.09. The molecule has 0 radical (unpaired) electrons. The van der Waals surface area contributed by atoms with E-state index in [-0.39, 0.29) is 0 Å². The Hall–Kier alpha value is -2.93. The summed E-state index contributed by atoms with van der Waals surface area (Å²) in [5.41, 5.74) is 0.173. The molecule has 2 aliphatic rings. The van der Waals surface area contributed by atoms with Gasteiger partial charge in [0.25, 0.3) is 0 Å². The van der Waals surface area contributed by atoms with Gasteiger partial charge in [0.15, 0.2) is 0 Å². The van der Waals surface area contributed by atoms with E-state index in [1.54, 1.807) is 20.0 Å². The minimum Gasteiger partial charge on any atom is -0.480 e. The minimum atomic E-state index is -0.915. The van der Waals surface area contributed by atoms with Crippen molar-refractivity contribution in [3.05, 3.63) is 35.5 Å². The predicted octanol–water partition coefficient (Wildman–Crippen LogP) is 4.95. The average molecular weight is 541 g/mol. The molecule has 2 fully saturated rings. The van der Waals surface area contributed by atoms with Gasteiger partial charge >= 0.3 is 5.97 Å². The first-order valence-corrected chi connectivity index (χ1v) is 13.7. The van der Waals surface area contributed by atoms with Gasteiger partial charge in [0.05, 0.1) is 22.2 Å². The molecule has 0 spiro atoms. The summed E-state index contributed by atoms with van der Waals surface area (Å²) in [5.74, 6) is 1.08. The van der Waals surface area contributed by atoms with E-state index in [2.05, 4.69) is 27.0 Å². The van der Waals surface area contributed by atoms with E-state index < -0.39 is 16.9 Å². The highest BCUT2D eigenvalue weighted by atomic mass is 35.5. The number of rotatable bonds is 10. The summed E-state index contributed by atoms with van der Waals surface area (Å²) in [4.78, 5) is 20.6. The van der Waals surface area contributed by atoms with Crippen molar-refractivity contribution in [1.82, 2.24) is 15.3 Å². The molecule has 1 aliphatic heterocycles. The molecule has 0 unspecified atom stereocenters. The lowest BCUT2D eigenvalue weighted by Crippen LogP contribution is -2.49. The summed E-state index contributed by atoms with van der Waals surface area (Å²) < 4.78 is 5.43. The summed E-state index contributed by atoms with van der Waals surface area (Å²) in [7, 11) is 0. The zero-order valence-electron chi connectivity index (χ0n) is 22.1. The maximum absolute atomic E-state index is 11.3. The van der Waals surface area contributed by atoms with Crippen molar-refractivity contribution in [1.29, 1.82) is 5.26 Å². The van der Waals surface area contributed by atoms with Crippen molar-refractivity contribution < 1.29 is 14.6 Å². The van der Waals surface area contributed by atoms with E-state index in [1.165, 1.54) is 0 Å². The van der Waals surface area contributed by atoms with E-state index in [0.717, 1.165) is 42.8 Å². The number of nitriles is 1. The Morgan fingerprint density at radius 3 is 2.66 bits per heavy atom. The molecule has 0 atom stereocenters. The molecule has 4 N–H and O–H groups in total. The first-order valence-electron chi connectivity index (χ1n) is 13.3. The number of ether oxygens (including phenoxy) is 1. The molecule has 0 bridgehead atoms. The summed E-state index contributed by atoms with van der Waals surface area (Å²) >= 11 is 6.53. The number of hydrogen-bond acceptors (Lipinski definition) is 8. The highest BCUT2D eigenvalue weighted by Gasteiger charge is 2.33. The van der Waals surface area contributed by atoms with Crippen molar-refractivity contribution in [3.63, 3.8) is 0 Å². The summed E-state index contributed by atoms with van der Waals surface area (Å²) in [5, 5.41) is 29.6. The number of nitrogens with one attached hydrogen (secondary N) is 3. The second-order valence-corrected chi connectivity index (χ2v) is 11.4. The molecule has 4 rings (SSSR count). The van der Waals surface area contributed by atoms with Crippen molar-refractivity contribution in [2.45, 2.75) is 64.0 Å². The molecule has 1 saturated heterocycles. The van der Waals surface area contributed by atoms with Gasteiger partial charge in [-0.05, 0) is 83.0 Å². The highest BCUT2D eigenvalue weighted by molar-refractivity contribution is 6.33. The Kier molecular flexibility index (Phi) is 9.08. The number of aliphatic carboxylic acids is 1. The quantitative estimate of drug-likeness (QED) is 0.330. The molecule has 3 heterocycles. The molecule has 2 aromatic heterocycles. The van der Waals surface area contributed by atoms with Gasteiger partial charge in [-0.15, -0.1) is 0 Å². The lowest BCUT2D eigenvalue weighted by Gasteiger charge is -2.31. The summed E-state index contributed by atoms with van der Waals surface area (Å²) in [6.45, 7) is 5.82. The normalized spacial score (nSPS) is 21.3. The van der Waals surface area contributed by atoms with E-state index in [0.29, 0.717) is 61.9 Å². The predicted molar refractivity (Wildman–Crippen MR) is 148 cm³/mol. The third-order valence-corrected chi connectivity index (χ3v) is 8.04. The van der Waals surface area contributed by atoms with Gasteiger partial charge in [0.1, 0.15) is 17.2 Å². The number of aromatic nitrogens is 2. The third kappa shape index (κ3) is 7.13. The van der Waals surface area contributed by atoms with Crippen LogP contribution in [0.5, 0.6) is 0 Å². The van der Waals surface area contributed by atoms with Crippen LogP contribution in [0.1, 0.15) is 52.4 Å². The Balaban J connectivity index is 1.35. The van der Waals surface area contributed by atoms with Gasteiger partial charge < -0.3 is 25.8 Å². The van der Waals surface area contributed by atoms with Crippen LogP contribution in [0.2, 0.25) is 5.02 Å². The molecular weight excluding hydrogens is 504 g/mol. The number of anilines is 2. The smallest absolute Gasteiger partial charge is 0.323 e. The van der Waals surface area contributed by atoms with Crippen LogP contribution in [0.15, 0.2) is 30.5 Å². The molecule has 1 saturated carbocycles. The van der Waals surface area contributed by atoms with Gasteiger partial charge in [-0.25, -0.2) is 9.97 Å². The third-order valence-electron chi connectivity index (χ3n) is 7.74. The number of halogens is 1. The molecule has 0 amide bonds. The standard InChI is InChI=1S/C28H37ClN6O3/c1-27(2,26(36)37)33-15-19-6-8-20(9-7-19)34-25-14-21(22(29)16-31-25)23-4-3-5-24(35-23)32-18-28(17-30)10-12-38-13-11-28/h3-5,14,16,19-20,33H,6-13,15,18H2,1-2H3,(H,31,34)(H,32,35)(H,36,37). The highest BCUT2D eigenvalue weighted by Crippen LogP contribution is 2.32. The zero-order chi connectivity index (χ0) is 27.2. The second-order valence-electron chi connectivity index (χ2n) is 11.0. The van der Waals surface area contributed by atoms with Crippen molar-refractivity contribution in [2.75, 3.05) is 36.9 Å². The van der Waals surface area contributed by atoms with E-state index >= 15 is 0 Å². The number of pyridine rings is 2. The van der Waals surface area contributed by atoms with Crippen LogP contribution >= 0.6 is 11.6 Å². The number of carbonyl (C=O) groups is 1. The maximum atomic E-state index is 11.3. The van der Waals surface area contributed by atoms with E-state index in [9.17, 15) is 15.2 Å². The SMILES string of the molecule is CC(C)(NCC1CCC(Nc2cc(-c3cccc(NCC4(C#N)CCOCC4)n3)c(Cl)cn2)CC1)C(=O)O. The van der Waals surface area contributed by atoms with Gasteiger partial charge in [0, 0.05) is 37.6 Å². The average Bonchev–Trinajstić information content (AvgIpc) is 2.93. The molecule has 38 heavy (non-hydrogen) atoms. The number of hydrogen-bond donors (Lipinski definition) is 4. The number of carboxylic acids is 1. The van der Waals surface area contributed by atoms with Crippen molar-refractivity contribution in [2.24, 2.45) is 11.3 Å². The van der Waals surface area contributed by atoms with Crippen LogP contribution in [0.3, 0.4) is 0 Å². The Bertz CT molecular complexity index is 1150. The van der Waals surface area contributed by atoms with Gasteiger partial charge in [-0.2, -0.15) is 5.26 Å². The maximum Gasteiger partial charge on any atom is 0.323 e. The van der Waals surface area contributed by atoms with Crippen LogP contribution in [-0.2, 0) is 9.53 Å². The van der Waals surface area contributed by atoms with Gasteiger partial charge in [-0.1, -0.05) is 17.7 Å². The van der Waals surface area contributed by atoms with Crippen molar-refractivity contribution in [3.8, 4) is 17.3 Å². The van der Waals surface area contributed by atoms with Gasteiger partial charge in [-0.3, -0.25) is 4.79 Å². The van der Waals surface area contributed by atoms with Crippen LogP contribution in [0, 0.1) is 22.7 Å². The largest absolute Gasteiger partial charge is 0.480 e. The van der Waals surface area contributed by atoms with Crippen LogP contribution in [-0.4, -0.2) is 58.9 Å². The van der Waals surface area contributed by atoms with Crippen LogP contribution in [0.4, 0.5) is 11.6 Å². The molecular formula is C28H37ClN6O3. The number of nitrogens with zero attached hydrogens (tertiary/aromatic N) is 3. The summed E-state index contributed by atoms with van der Waals surface area (Å²) in [6, 6.07) is 10.4. The van der Waals surface area contributed by atoms with Gasteiger partial charge in [0.2, 0.25) is 0 Å². The fourth-order valence-corrected chi connectivity index (χ4v) is 5.14. The molecule has 10 heteroatoms. The minimum absolute atomic E-state index is 0.294. The molecule has 1 aliphatic carbocycles. The second kappa shape index (κ2) is 12.3. The first kappa shape index (κ1) is 28.1. The Labute approximate surface area is 229 Å². The molecule has 9 nitrogen and oxygen atoms in total. The van der Waals surface area contributed by atoms with E-state index in [1.807, 2.05) is 24.3 Å². The molecule has 204 valence electrons. The monoisotopic (exact) mass is 540 g/mol. The Morgan fingerprint density at radius 1 is 1.24 bits per heavy atom. The van der Waals surface area contributed by atoms with Crippen LogP contribution < -0.4 is 16.0 Å². The fraction of sp³-hybridized carbons (Fsp3) is 0.571. The topological polar surface area (TPSA) is 132 Å². The Morgan fingerprint density at radius 2 is 1.97 bits per heavy atom. The van der Waals surface area contributed by atoms with E-state index in [4.69, 9.17) is 21.3 Å². The lowest BCUT2D eigenvalue weighted by molar-refractivity contribution is -0.143. The molecule has 0 aromatic carbocycles. The number of carboxylic acid groups (broad SMARTS) is 1. The van der Waals surface area contributed by atoms with Crippen molar-refractivity contribution >= 4 is 29.2 Å².